The van der Waals surface area contributed by atoms with Crippen molar-refractivity contribution in [3.63, 3.8) is 0 Å². The van der Waals surface area contributed by atoms with Crippen molar-refractivity contribution in [2.75, 3.05) is 12.4 Å². The number of ether oxygens (including phenoxy) is 1. The zero-order chi connectivity index (χ0) is 15.9. The van der Waals surface area contributed by atoms with Gasteiger partial charge in [0.05, 0.1) is 0 Å². The van der Waals surface area contributed by atoms with Crippen LogP contribution in [0.5, 0.6) is 5.75 Å². The van der Waals surface area contributed by atoms with Gasteiger partial charge in [-0.2, -0.15) is 8.78 Å². The summed E-state index contributed by atoms with van der Waals surface area (Å²) in [7, 11) is 0. The first-order chi connectivity index (χ1) is 9.96. The fourth-order valence-corrected chi connectivity index (χ4v) is 2.37. The molecule has 0 atom stereocenters. The van der Waals surface area contributed by atoms with Crippen molar-refractivity contribution >= 4 is 17.5 Å². The van der Waals surface area contributed by atoms with Crippen molar-refractivity contribution in [1.29, 1.82) is 0 Å². The second kappa shape index (κ2) is 8.17. The molecule has 0 spiro atoms. The molecule has 118 valence electrons. The van der Waals surface area contributed by atoms with E-state index in [1.54, 1.807) is 0 Å². The summed E-state index contributed by atoms with van der Waals surface area (Å²) in [5.74, 6) is 0.246. The lowest BCUT2D eigenvalue weighted by molar-refractivity contribution is -0.0498. The fraction of sp³-hybridized carbons (Fsp3) is 0.533. The number of halogens is 3. The first-order valence-electron chi connectivity index (χ1n) is 6.85. The summed E-state index contributed by atoms with van der Waals surface area (Å²) in [5.41, 5.74) is 0.281. The summed E-state index contributed by atoms with van der Waals surface area (Å²) in [4.78, 5) is 12.0. The highest BCUT2D eigenvalue weighted by molar-refractivity contribution is 6.18. The van der Waals surface area contributed by atoms with Crippen LogP contribution in [-0.4, -0.2) is 24.9 Å². The van der Waals surface area contributed by atoms with Crippen LogP contribution >= 0.6 is 11.6 Å². The highest BCUT2D eigenvalue weighted by Crippen LogP contribution is 2.27. The first-order valence-corrected chi connectivity index (χ1v) is 7.39. The molecule has 0 heterocycles. The number of carbonyl (C=O) groups excluding carboxylic acids is 1. The van der Waals surface area contributed by atoms with Crippen LogP contribution in [0.1, 0.15) is 37.0 Å². The van der Waals surface area contributed by atoms with Gasteiger partial charge in [0.15, 0.2) is 0 Å². The van der Waals surface area contributed by atoms with E-state index in [2.05, 4.69) is 10.1 Å². The number of benzene rings is 1. The molecular formula is C15H20ClF2NO2. The van der Waals surface area contributed by atoms with Crippen molar-refractivity contribution in [3.05, 3.63) is 29.8 Å². The number of hydrogen-bond donors (Lipinski definition) is 1. The molecule has 0 aromatic heterocycles. The van der Waals surface area contributed by atoms with E-state index in [-0.39, 0.29) is 17.1 Å². The Balaban J connectivity index is 2.63. The van der Waals surface area contributed by atoms with Crippen molar-refractivity contribution in [2.45, 2.75) is 33.3 Å². The second-order valence-electron chi connectivity index (χ2n) is 4.93. The van der Waals surface area contributed by atoms with Gasteiger partial charge in [0, 0.05) is 23.4 Å². The Morgan fingerprint density at radius 1 is 1.29 bits per heavy atom. The van der Waals surface area contributed by atoms with Gasteiger partial charge in [0.1, 0.15) is 5.75 Å². The van der Waals surface area contributed by atoms with Crippen LogP contribution in [0.2, 0.25) is 0 Å². The van der Waals surface area contributed by atoms with Crippen LogP contribution in [0.4, 0.5) is 8.78 Å². The van der Waals surface area contributed by atoms with E-state index in [0.717, 1.165) is 12.8 Å². The van der Waals surface area contributed by atoms with Gasteiger partial charge < -0.3 is 10.1 Å². The molecule has 1 amide bonds. The van der Waals surface area contributed by atoms with E-state index < -0.39 is 6.61 Å². The average molecular weight is 320 g/mol. The van der Waals surface area contributed by atoms with Crippen LogP contribution in [0, 0.1) is 5.41 Å². The van der Waals surface area contributed by atoms with Gasteiger partial charge in [-0.05, 0) is 37.1 Å². The predicted molar refractivity (Wildman–Crippen MR) is 79.1 cm³/mol. The molecule has 0 bridgehead atoms. The van der Waals surface area contributed by atoms with E-state index in [4.69, 9.17) is 11.6 Å². The van der Waals surface area contributed by atoms with Crippen LogP contribution in [0.15, 0.2) is 24.3 Å². The van der Waals surface area contributed by atoms with E-state index in [1.807, 2.05) is 13.8 Å². The van der Waals surface area contributed by atoms with E-state index in [0.29, 0.717) is 18.0 Å². The van der Waals surface area contributed by atoms with Gasteiger partial charge in [0.2, 0.25) is 0 Å². The number of alkyl halides is 3. The third kappa shape index (κ3) is 5.16. The summed E-state index contributed by atoms with van der Waals surface area (Å²) in [5, 5.41) is 2.84. The fourth-order valence-electron chi connectivity index (χ4n) is 1.89. The van der Waals surface area contributed by atoms with Crippen molar-refractivity contribution in [3.8, 4) is 5.75 Å². The third-order valence-electron chi connectivity index (χ3n) is 3.75. The molecule has 1 aromatic carbocycles. The second-order valence-corrected chi connectivity index (χ2v) is 5.19. The Bertz CT molecular complexity index is 439. The summed E-state index contributed by atoms with van der Waals surface area (Å²) in [6.07, 6.45) is 1.74. The van der Waals surface area contributed by atoms with E-state index >= 15 is 0 Å². The van der Waals surface area contributed by atoms with Gasteiger partial charge in [-0.15, -0.1) is 11.6 Å². The van der Waals surface area contributed by atoms with Gasteiger partial charge >= 0.3 is 6.61 Å². The SMILES string of the molecule is CCC(CC)(CCl)CNC(=O)c1ccc(OC(F)F)cc1. The molecule has 0 fully saturated rings. The van der Waals surface area contributed by atoms with Gasteiger partial charge in [-0.25, -0.2) is 0 Å². The summed E-state index contributed by atoms with van der Waals surface area (Å²) < 4.78 is 28.3. The maximum atomic E-state index is 12.0. The summed E-state index contributed by atoms with van der Waals surface area (Å²) in [6.45, 7) is 1.68. The molecular weight excluding hydrogens is 300 g/mol. The van der Waals surface area contributed by atoms with Gasteiger partial charge in [-0.1, -0.05) is 13.8 Å². The molecule has 21 heavy (non-hydrogen) atoms. The number of carbonyl (C=O) groups is 1. The zero-order valence-corrected chi connectivity index (χ0v) is 12.9. The van der Waals surface area contributed by atoms with E-state index in [9.17, 15) is 13.6 Å². The highest BCUT2D eigenvalue weighted by Gasteiger charge is 2.25. The quantitative estimate of drug-likeness (QED) is 0.734. The van der Waals surface area contributed by atoms with Gasteiger partial charge in [0.25, 0.3) is 5.91 Å². The monoisotopic (exact) mass is 319 g/mol. The third-order valence-corrected chi connectivity index (χ3v) is 4.32. The molecule has 0 aliphatic heterocycles. The Morgan fingerprint density at radius 2 is 1.86 bits per heavy atom. The van der Waals surface area contributed by atoms with E-state index in [1.165, 1.54) is 24.3 Å². The number of amides is 1. The molecule has 0 saturated carbocycles. The van der Waals surface area contributed by atoms with Crippen molar-refractivity contribution in [2.24, 2.45) is 5.41 Å². The molecule has 1 aromatic rings. The molecule has 0 aliphatic carbocycles. The Morgan fingerprint density at radius 3 is 2.29 bits per heavy atom. The lowest BCUT2D eigenvalue weighted by Crippen LogP contribution is -2.38. The topological polar surface area (TPSA) is 38.3 Å². The Hall–Kier alpha value is -1.36. The van der Waals surface area contributed by atoms with Gasteiger partial charge in [-0.3, -0.25) is 4.79 Å². The number of hydrogen-bond acceptors (Lipinski definition) is 2. The Labute approximate surface area is 128 Å². The molecule has 0 unspecified atom stereocenters. The standard InChI is InChI=1S/C15H20ClF2NO2/c1-3-15(4-2,9-16)10-19-13(20)11-5-7-12(8-6-11)21-14(17)18/h5-8,14H,3-4,9-10H2,1-2H3,(H,19,20). The molecule has 0 saturated heterocycles. The Kier molecular flexibility index (Phi) is 6.89. The minimum Gasteiger partial charge on any atom is -0.435 e. The normalized spacial score (nSPS) is 11.5. The van der Waals surface area contributed by atoms with Crippen LogP contribution in [-0.2, 0) is 0 Å². The molecule has 0 radical (unpaired) electrons. The summed E-state index contributed by atoms with van der Waals surface area (Å²) in [6, 6.07) is 5.59. The number of rotatable bonds is 8. The van der Waals surface area contributed by atoms with Crippen LogP contribution in [0.25, 0.3) is 0 Å². The maximum Gasteiger partial charge on any atom is 0.387 e. The number of nitrogens with one attached hydrogen (secondary N) is 1. The smallest absolute Gasteiger partial charge is 0.387 e. The first kappa shape index (κ1) is 17.7. The predicted octanol–water partition coefficient (Wildman–Crippen LogP) is 4.06. The molecule has 1 N–H and O–H groups in total. The zero-order valence-electron chi connectivity index (χ0n) is 12.2. The van der Waals surface area contributed by atoms with Crippen LogP contribution < -0.4 is 10.1 Å². The lowest BCUT2D eigenvalue weighted by atomic mass is 9.84. The molecule has 0 aliphatic rings. The maximum absolute atomic E-state index is 12.0. The molecule has 6 heteroatoms. The van der Waals surface area contributed by atoms with Crippen LogP contribution in [0.3, 0.4) is 0 Å². The molecule has 1 rings (SSSR count). The van der Waals surface area contributed by atoms with Crippen molar-refractivity contribution in [1.82, 2.24) is 5.32 Å². The average Bonchev–Trinajstić information content (AvgIpc) is 2.49. The van der Waals surface area contributed by atoms with Crippen molar-refractivity contribution < 1.29 is 18.3 Å². The minimum absolute atomic E-state index is 0.0266. The minimum atomic E-state index is -2.87. The highest BCUT2D eigenvalue weighted by atomic mass is 35.5. The largest absolute Gasteiger partial charge is 0.435 e. The lowest BCUT2D eigenvalue weighted by Gasteiger charge is -2.29. The summed E-state index contributed by atoms with van der Waals surface area (Å²) >= 11 is 5.98. The molecule has 3 nitrogen and oxygen atoms in total.